The van der Waals surface area contributed by atoms with E-state index < -0.39 is 0 Å². The molecular formula is C11H20N2OS. The number of aliphatic hydroxyl groups is 1. The van der Waals surface area contributed by atoms with Crippen molar-refractivity contribution in [3.63, 3.8) is 0 Å². The van der Waals surface area contributed by atoms with Gasteiger partial charge in [0.05, 0.1) is 6.04 Å². The third kappa shape index (κ3) is 4.28. The van der Waals surface area contributed by atoms with E-state index in [1.165, 1.54) is 0 Å². The molecule has 2 N–H and O–H groups in total. The van der Waals surface area contributed by atoms with Gasteiger partial charge < -0.3 is 10.4 Å². The lowest BCUT2D eigenvalue weighted by atomic mass is 9.89. The van der Waals surface area contributed by atoms with Gasteiger partial charge in [-0.25, -0.2) is 4.98 Å². The summed E-state index contributed by atoms with van der Waals surface area (Å²) in [6, 6.07) is 0.294. The maximum absolute atomic E-state index is 8.91. The first-order chi connectivity index (χ1) is 7.05. The van der Waals surface area contributed by atoms with Gasteiger partial charge in [-0.3, -0.25) is 0 Å². The molecule has 1 aromatic rings. The molecule has 0 aliphatic carbocycles. The van der Waals surface area contributed by atoms with Crippen LogP contribution in [-0.2, 0) is 0 Å². The molecule has 0 spiro atoms. The number of nitrogens with zero attached hydrogens (tertiary/aromatic N) is 1. The summed E-state index contributed by atoms with van der Waals surface area (Å²) in [5.74, 6) is 0. The van der Waals surface area contributed by atoms with Gasteiger partial charge >= 0.3 is 0 Å². The van der Waals surface area contributed by atoms with Crippen LogP contribution in [0.4, 0.5) is 0 Å². The number of hydrogen-bond donors (Lipinski definition) is 2. The van der Waals surface area contributed by atoms with E-state index in [2.05, 4.69) is 31.1 Å². The van der Waals surface area contributed by atoms with Crippen LogP contribution < -0.4 is 5.32 Å². The fraction of sp³-hybridized carbons (Fsp3) is 0.727. The summed E-state index contributed by atoms with van der Waals surface area (Å²) >= 11 is 1.67. The molecule has 0 aliphatic rings. The minimum absolute atomic E-state index is 0.139. The monoisotopic (exact) mass is 228 g/mol. The Kier molecular flexibility index (Phi) is 4.70. The van der Waals surface area contributed by atoms with Crippen LogP contribution in [0.25, 0.3) is 0 Å². The molecule has 0 radical (unpaired) electrons. The molecule has 0 saturated heterocycles. The van der Waals surface area contributed by atoms with E-state index in [1.807, 2.05) is 11.6 Å². The second-order valence-electron chi connectivity index (χ2n) is 4.61. The van der Waals surface area contributed by atoms with Crippen molar-refractivity contribution in [3.05, 3.63) is 16.6 Å². The summed E-state index contributed by atoms with van der Waals surface area (Å²) in [7, 11) is 0. The molecule has 3 nitrogen and oxygen atoms in total. The van der Waals surface area contributed by atoms with Gasteiger partial charge in [0.25, 0.3) is 0 Å². The van der Waals surface area contributed by atoms with E-state index in [4.69, 9.17) is 5.11 Å². The minimum Gasteiger partial charge on any atom is -0.396 e. The second kappa shape index (κ2) is 5.58. The summed E-state index contributed by atoms with van der Waals surface area (Å²) in [6.07, 6.45) is 2.65. The molecule has 4 heteroatoms. The van der Waals surface area contributed by atoms with E-state index in [9.17, 15) is 0 Å². The lowest BCUT2D eigenvalue weighted by Gasteiger charge is -2.25. The number of aliphatic hydroxyl groups excluding tert-OH is 1. The van der Waals surface area contributed by atoms with Crippen molar-refractivity contribution in [1.29, 1.82) is 0 Å². The van der Waals surface area contributed by atoms with Gasteiger partial charge in [0.15, 0.2) is 0 Å². The first-order valence-corrected chi connectivity index (χ1v) is 6.17. The molecule has 86 valence electrons. The molecule has 1 rings (SSSR count). The van der Waals surface area contributed by atoms with Gasteiger partial charge in [0.2, 0.25) is 0 Å². The van der Waals surface area contributed by atoms with Crippen LogP contribution in [0.15, 0.2) is 11.6 Å². The highest BCUT2D eigenvalue weighted by Gasteiger charge is 2.18. The van der Waals surface area contributed by atoms with Crippen LogP contribution in [0.3, 0.4) is 0 Å². The molecule has 1 heterocycles. The van der Waals surface area contributed by atoms with Crippen molar-refractivity contribution in [1.82, 2.24) is 10.3 Å². The number of rotatable bonds is 6. The Balaban J connectivity index is 2.37. The number of thiazole rings is 1. The minimum atomic E-state index is 0.139. The Morgan fingerprint density at radius 1 is 1.60 bits per heavy atom. The molecule has 1 aromatic heterocycles. The van der Waals surface area contributed by atoms with Crippen molar-refractivity contribution in [2.75, 3.05) is 13.2 Å². The van der Waals surface area contributed by atoms with Crippen LogP contribution in [-0.4, -0.2) is 23.2 Å². The Bertz CT molecular complexity index is 272. The Labute approximate surface area is 95.6 Å². The zero-order valence-corrected chi connectivity index (χ0v) is 10.5. The normalized spacial score (nSPS) is 14.1. The van der Waals surface area contributed by atoms with Gasteiger partial charge in [-0.15, -0.1) is 11.3 Å². The molecule has 1 atom stereocenters. The van der Waals surface area contributed by atoms with Crippen molar-refractivity contribution in [2.24, 2.45) is 5.41 Å². The van der Waals surface area contributed by atoms with Gasteiger partial charge in [0, 0.05) is 24.7 Å². The zero-order chi connectivity index (χ0) is 11.3. The molecule has 0 amide bonds. The second-order valence-corrected chi connectivity index (χ2v) is 5.54. The van der Waals surface area contributed by atoms with E-state index in [1.54, 1.807) is 11.3 Å². The average molecular weight is 228 g/mol. The maximum atomic E-state index is 8.91. The standard InChI is InChI=1S/C11H20N2OS/c1-9(10-12-5-7-15-10)13-8-11(2,3)4-6-14/h5,7,9,13-14H,4,6,8H2,1-3H3. The third-order valence-electron chi connectivity index (χ3n) is 2.50. The van der Waals surface area contributed by atoms with E-state index in [0.717, 1.165) is 18.0 Å². The largest absolute Gasteiger partial charge is 0.396 e. The predicted octanol–water partition coefficient (Wildman–Crippen LogP) is 2.20. The first-order valence-electron chi connectivity index (χ1n) is 5.29. The molecular weight excluding hydrogens is 208 g/mol. The van der Waals surface area contributed by atoms with Crippen molar-refractivity contribution < 1.29 is 5.11 Å². The van der Waals surface area contributed by atoms with Gasteiger partial charge in [-0.2, -0.15) is 0 Å². The highest BCUT2D eigenvalue weighted by Crippen LogP contribution is 2.21. The molecule has 1 unspecified atom stereocenters. The Morgan fingerprint density at radius 3 is 2.87 bits per heavy atom. The summed E-state index contributed by atoms with van der Waals surface area (Å²) in [4.78, 5) is 4.27. The first kappa shape index (κ1) is 12.6. The number of nitrogens with one attached hydrogen (secondary N) is 1. The number of hydrogen-bond acceptors (Lipinski definition) is 4. The number of aromatic nitrogens is 1. The van der Waals surface area contributed by atoms with Crippen LogP contribution in [0.2, 0.25) is 0 Å². The van der Waals surface area contributed by atoms with E-state index in [0.29, 0.717) is 6.04 Å². The predicted molar refractivity (Wildman–Crippen MR) is 64.0 cm³/mol. The van der Waals surface area contributed by atoms with Crippen molar-refractivity contribution in [3.8, 4) is 0 Å². The molecule has 0 bridgehead atoms. The molecule has 0 fully saturated rings. The summed E-state index contributed by atoms with van der Waals surface area (Å²) < 4.78 is 0. The molecule has 0 saturated carbocycles. The molecule has 15 heavy (non-hydrogen) atoms. The molecule has 0 aromatic carbocycles. The Hall–Kier alpha value is -0.450. The topological polar surface area (TPSA) is 45.1 Å². The quantitative estimate of drug-likeness (QED) is 0.784. The lowest BCUT2D eigenvalue weighted by molar-refractivity contribution is 0.203. The van der Waals surface area contributed by atoms with Crippen LogP contribution in [0.5, 0.6) is 0 Å². The maximum Gasteiger partial charge on any atom is 0.109 e. The van der Waals surface area contributed by atoms with Crippen molar-refractivity contribution in [2.45, 2.75) is 33.2 Å². The summed E-state index contributed by atoms with van der Waals surface area (Å²) in [5.41, 5.74) is 0.139. The van der Waals surface area contributed by atoms with Crippen molar-refractivity contribution >= 4 is 11.3 Å². The molecule has 0 aliphatic heterocycles. The van der Waals surface area contributed by atoms with Crippen LogP contribution in [0.1, 0.15) is 38.2 Å². The summed E-state index contributed by atoms with van der Waals surface area (Å²) in [6.45, 7) is 7.58. The van der Waals surface area contributed by atoms with E-state index in [-0.39, 0.29) is 12.0 Å². The fourth-order valence-corrected chi connectivity index (χ4v) is 2.03. The van der Waals surface area contributed by atoms with Crippen LogP contribution in [0, 0.1) is 5.41 Å². The SMILES string of the molecule is CC(NCC(C)(C)CCO)c1nccs1. The van der Waals surface area contributed by atoms with E-state index >= 15 is 0 Å². The zero-order valence-electron chi connectivity index (χ0n) is 9.66. The van der Waals surface area contributed by atoms with Crippen LogP contribution >= 0.6 is 11.3 Å². The highest BCUT2D eigenvalue weighted by atomic mass is 32.1. The van der Waals surface area contributed by atoms with Gasteiger partial charge in [0.1, 0.15) is 5.01 Å². The third-order valence-corrected chi connectivity index (χ3v) is 3.46. The summed E-state index contributed by atoms with van der Waals surface area (Å²) in [5, 5.41) is 15.5. The fourth-order valence-electron chi connectivity index (χ4n) is 1.36. The average Bonchev–Trinajstić information content (AvgIpc) is 2.67. The lowest BCUT2D eigenvalue weighted by Crippen LogP contribution is -2.32. The Morgan fingerprint density at radius 2 is 2.33 bits per heavy atom. The smallest absolute Gasteiger partial charge is 0.109 e. The van der Waals surface area contributed by atoms with Gasteiger partial charge in [-0.05, 0) is 18.8 Å². The highest BCUT2D eigenvalue weighted by molar-refractivity contribution is 7.09. The van der Waals surface area contributed by atoms with Gasteiger partial charge in [-0.1, -0.05) is 13.8 Å².